The third-order valence-electron chi connectivity index (χ3n) is 2.69. The van der Waals surface area contributed by atoms with Gasteiger partial charge in [-0.3, -0.25) is 9.59 Å². The minimum atomic E-state index is -0.913. The van der Waals surface area contributed by atoms with Crippen LogP contribution in [0.15, 0.2) is 48.5 Å². The number of nitrogens with one attached hydrogen (secondary N) is 1. The molecule has 0 saturated heterocycles. The monoisotopic (exact) mass is 270 g/mol. The number of benzene rings is 2. The summed E-state index contributed by atoms with van der Waals surface area (Å²) in [6.45, 7) is 0. The Labute approximate surface area is 116 Å². The van der Waals surface area contributed by atoms with E-state index in [1.54, 1.807) is 48.5 Å². The average Bonchev–Trinajstić information content (AvgIpc) is 2.38. The summed E-state index contributed by atoms with van der Waals surface area (Å²) in [5.41, 5.74) is 7.77. The van der Waals surface area contributed by atoms with Crippen LogP contribution >= 0.6 is 0 Å². The minimum absolute atomic E-state index is 0.0814. The molecule has 0 aliphatic rings. The highest BCUT2D eigenvalue weighted by atomic mass is 16.4. The van der Waals surface area contributed by atoms with E-state index in [9.17, 15) is 9.59 Å². The fraction of sp³-hybridized carbons (Fsp3) is 0.0667. The molecule has 0 radical (unpaired) electrons. The van der Waals surface area contributed by atoms with Gasteiger partial charge in [-0.05, 0) is 35.9 Å². The highest BCUT2D eigenvalue weighted by molar-refractivity contribution is 6.04. The van der Waals surface area contributed by atoms with Crippen LogP contribution in [-0.2, 0) is 11.2 Å². The van der Waals surface area contributed by atoms with Crippen molar-refractivity contribution in [1.29, 1.82) is 0 Å². The largest absolute Gasteiger partial charge is 0.481 e. The van der Waals surface area contributed by atoms with Crippen molar-refractivity contribution in [2.24, 2.45) is 0 Å². The Hall–Kier alpha value is -2.82. The second kappa shape index (κ2) is 5.88. The Bertz CT molecular complexity index is 653. The van der Waals surface area contributed by atoms with E-state index in [1.165, 1.54) is 0 Å². The zero-order chi connectivity index (χ0) is 14.5. The average molecular weight is 270 g/mol. The number of amides is 1. The van der Waals surface area contributed by atoms with Gasteiger partial charge in [0.05, 0.1) is 6.42 Å². The van der Waals surface area contributed by atoms with Gasteiger partial charge < -0.3 is 16.2 Å². The number of nitrogen functional groups attached to an aromatic ring is 1. The van der Waals surface area contributed by atoms with Crippen molar-refractivity contribution in [3.63, 3.8) is 0 Å². The molecule has 20 heavy (non-hydrogen) atoms. The summed E-state index contributed by atoms with van der Waals surface area (Å²) in [7, 11) is 0. The number of aliphatic carboxylic acids is 1. The highest BCUT2D eigenvalue weighted by Crippen LogP contribution is 2.14. The molecule has 2 aromatic carbocycles. The van der Waals surface area contributed by atoms with Gasteiger partial charge in [-0.15, -0.1) is 0 Å². The van der Waals surface area contributed by atoms with Gasteiger partial charge in [0.25, 0.3) is 5.91 Å². The summed E-state index contributed by atoms with van der Waals surface area (Å²) in [5.74, 6) is -1.20. The normalized spacial score (nSPS) is 10.0. The highest BCUT2D eigenvalue weighted by Gasteiger charge is 2.07. The summed E-state index contributed by atoms with van der Waals surface area (Å²) < 4.78 is 0. The van der Waals surface area contributed by atoms with E-state index in [0.29, 0.717) is 22.5 Å². The van der Waals surface area contributed by atoms with Crippen molar-refractivity contribution in [2.75, 3.05) is 11.1 Å². The summed E-state index contributed by atoms with van der Waals surface area (Å²) in [6.07, 6.45) is -0.0814. The van der Waals surface area contributed by atoms with E-state index < -0.39 is 5.97 Å². The summed E-state index contributed by atoms with van der Waals surface area (Å²) >= 11 is 0. The molecular formula is C15H14N2O3. The maximum absolute atomic E-state index is 12.0. The van der Waals surface area contributed by atoms with Crippen LogP contribution in [0.25, 0.3) is 0 Å². The number of hydrogen-bond donors (Lipinski definition) is 3. The van der Waals surface area contributed by atoms with Gasteiger partial charge in [0.2, 0.25) is 0 Å². The van der Waals surface area contributed by atoms with Crippen molar-refractivity contribution in [2.45, 2.75) is 6.42 Å². The zero-order valence-electron chi connectivity index (χ0n) is 10.7. The molecule has 0 aliphatic carbocycles. The predicted molar refractivity (Wildman–Crippen MR) is 76.6 cm³/mol. The molecule has 0 aromatic heterocycles. The van der Waals surface area contributed by atoms with Gasteiger partial charge in [-0.2, -0.15) is 0 Å². The Kier molecular flexibility index (Phi) is 4.00. The Morgan fingerprint density at radius 3 is 2.55 bits per heavy atom. The summed E-state index contributed by atoms with van der Waals surface area (Å²) in [4.78, 5) is 22.7. The number of anilines is 2. The number of rotatable bonds is 4. The predicted octanol–water partition coefficient (Wildman–Crippen LogP) is 2.15. The molecule has 0 bridgehead atoms. The molecule has 0 spiro atoms. The molecule has 2 aromatic rings. The third-order valence-corrected chi connectivity index (χ3v) is 2.69. The van der Waals surface area contributed by atoms with E-state index in [4.69, 9.17) is 10.8 Å². The Morgan fingerprint density at radius 1 is 1.10 bits per heavy atom. The van der Waals surface area contributed by atoms with Gasteiger partial charge in [-0.1, -0.05) is 18.2 Å². The first-order valence-electron chi connectivity index (χ1n) is 6.02. The molecule has 0 saturated carbocycles. The number of carboxylic acids is 1. The van der Waals surface area contributed by atoms with E-state index in [-0.39, 0.29) is 12.3 Å². The van der Waals surface area contributed by atoms with Crippen LogP contribution in [0.1, 0.15) is 15.9 Å². The van der Waals surface area contributed by atoms with E-state index >= 15 is 0 Å². The van der Waals surface area contributed by atoms with Crippen molar-refractivity contribution < 1.29 is 14.7 Å². The first-order chi connectivity index (χ1) is 9.54. The van der Waals surface area contributed by atoms with Crippen LogP contribution in [0.2, 0.25) is 0 Å². The lowest BCUT2D eigenvalue weighted by Gasteiger charge is -2.07. The van der Waals surface area contributed by atoms with Crippen molar-refractivity contribution >= 4 is 23.3 Å². The van der Waals surface area contributed by atoms with Gasteiger partial charge in [-0.25, -0.2) is 0 Å². The summed E-state index contributed by atoms with van der Waals surface area (Å²) in [6, 6.07) is 13.4. The summed E-state index contributed by atoms with van der Waals surface area (Å²) in [5, 5.41) is 11.5. The van der Waals surface area contributed by atoms with E-state index in [0.717, 1.165) is 0 Å². The van der Waals surface area contributed by atoms with Crippen LogP contribution < -0.4 is 11.1 Å². The molecule has 0 fully saturated rings. The van der Waals surface area contributed by atoms with Crippen LogP contribution in [0.3, 0.4) is 0 Å². The van der Waals surface area contributed by atoms with E-state index in [1.807, 2.05) is 0 Å². The molecular weight excluding hydrogens is 256 g/mol. The third kappa shape index (κ3) is 3.58. The second-order valence-corrected chi connectivity index (χ2v) is 4.35. The number of carbonyl (C=O) groups excluding carboxylic acids is 1. The first-order valence-corrected chi connectivity index (χ1v) is 6.02. The SMILES string of the molecule is Nc1cccc(C(=O)Nc2cccc(CC(=O)O)c2)c1. The fourth-order valence-electron chi connectivity index (χ4n) is 1.82. The number of nitrogens with two attached hydrogens (primary N) is 1. The molecule has 5 nitrogen and oxygen atoms in total. The topological polar surface area (TPSA) is 92.4 Å². The number of carboxylic acid groups (broad SMARTS) is 1. The standard InChI is InChI=1S/C15H14N2O3/c16-12-5-2-4-11(9-12)15(20)17-13-6-1-3-10(7-13)8-14(18)19/h1-7,9H,8,16H2,(H,17,20)(H,18,19). The molecule has 1 amide bonds. The Morgan fingerprint density at radius 2 is 1.85 bits per heavy atom. The minimum Gasteiger partial charge on any atom is -0.481 e. The second-order valence-electron chi connectivity index (χ2n) is 4.35. The van der Waals surface area contributed by atoms with Crippen LogP contribution in [0.4, 0.5) is 11.4 Å². The number of carbonyl (C=O) groups is 2. The molecule has 0 unspecified atom stereocenters. The van der Waals surface area contributed by atoms with Crippen molar-refractivity contribution in [1.82, 2.24) is 0 Å². The quantitative estimate of drug-likeness (QED) is 0.742. The van der Waals surface area contributed by atoms with Crippen LogP contribution in [0, 0.1) is 0 Å². The smallest absolute Gasteiger partial charge is 0.307 e. The molecule has 5 heteroatoms. The van der Waals surface area contributed by atoms with Crippen LogP contribution in [0.5, 0.6) is 0 Å². The molecule has 0 heterocycles. The lowest BCUT2D eigenvalue weighted by atomic mass is 10.1. The van der Waals surface area contributed by atoms with Crippen molar-refractivity contribution in [3.8, 4) is 0 Å². The molecule has 4 N–H and O–H groups in total. The maximum atomic E-state index is 12.0. The fourth-order valence-corrected chi connectivity index (χ4v) is 1.82. The van der Waals surface area contributed by atoms with Gasteiger partial charge in [0, 0.05) is 16.9 Å². The Balaban J connectivity index is 2.13. The molecule has 2 rings (SSSR count). The lowest BCUT2D eigenvalue weighted by Crippen LogP contribution is -2.12. The maximum Gasteiger partial charge on any atom is 0.307 e. The first kappa shape index (κ1) is 13.6. The molecule has 102 valence electrons. The zero-order valence-corrected chi connectivity index (χ0v) is 10.7. The number of hydrogen-bond acceptors (Lipinski definition) is 3. The van der Waals surface area contributed by atoms with Gasteiger partial charge in [0.15, 0.2) is 0 Å². The molecule has 0 aliphatic heterocycles. The van der Waals surface area contributed by atoms with E-state index in [2.05, 4.69) is 5.32 Å². The van der Waals surface area contributed by atoms with Crippen molar-refractivity contribution in [3.05, 3.63) is 59.7 Å². The lowest BCUT2D eigenvalue weighted by molar-refractivity contribution is -0.136. The van der Waals surface area contributed by atoms with Gasteiger partial charge in [0.1, 0.15) is 0 Å². The van der Waals surface area contributed by atoms with Gasteiger partial charge >= 0.3 is 5.97 Å². The van der Waals surface area contributed by atoms with Crippen LogP contribution in [-0.4, -0.2) is 17.0 Å². The molecule has 0 atom stereocenters.